The fraction of sp³-hybridized carbons (Fsp3) is 0.412. The van der Waals surface area contributed by atoms with Crippen molar-refractivity contribution in [1.29, 1.82) is 0 Å². The SMILES string of the molecule is COc1ccc2c(C)cc(SCC(=O)NCC(C)C)nc2c1. The Bertz CT molecular complexity index is 671. The number of carbonyl (C=O) groups excluding carboxylic acids is 1. The van der Waals surface area contributed by atoms with E-state index in [0.29, 0.717) is 18.2 Å². The molecule has 0 aliphatic rings. The molecule has 0 radical (unpaired) electrons. The normalized spacial score (nSPS) is 11.0. The van der Waals surface area contributed by atoms with E-state index in [0.717, 1.165) is 27.2 Å². The lowest BCUT2D eigenvalue weighted by molar-refractivity contribution is -0.118. The molecule has 0 atom stereocenters. The lowest BCUT2D eigenvalue weighted by Gasteiger charge is -2.09. The lowest BCUT2D eigenvalue weighted by Crippen LogP contribution is -2.28. The molecule has 0 fully saturated rings. The second-order valence-corrected chi connectivity index (χ2v) is 6.64. The van der Waals surface area contributed by atoms with Gasteiger partial charge in [-0.1, -0.05) is 25.6 Å². The molecule has 1 heterocycles. The third-order valence-corrected chi connectivity index (χ3v) is 4.17. The summed E-state index contributed by atoms with van der Waals surface area (Å²) in [5.41, 5.74) is 2.04. The van der Waals surface area contributed by atoms with E-state index in [2.05, 4.69) is 31.1 Å². The van der Waals surface area contributed by atoms with E-state index in [9.17, 15) is 4.79 Å². The number of pyridine rings is 1. The van der Waals surface area contributed by atoms with Crippen LogP contribution >= 0.6 is 11.8 Å². The van der Waals surface area contributed by atoms with Crippen LogP contribution in [0.15, 0.2) is 29.3 Å². The molecule has 1 aromatic carbocycles. The van der Waals surface area contributed by atoms with Crippen LogP contribution in [0, 0.1) is 12.8 Å². The van der Waals surface area contributed by atoms with E-state index in [4.69, 9.17) is 4.74 Å². The molecule has 2 rings (SSSR count). The molecule has 0 bridgehead atoms. The number of rotatable bonds is 6. The van der Waals surface area contributed by atoms with E-state index in [1.807, 2.05) is 24.3 Å². The molecule has 1 amide bonds. The Morgan fingerprint density at radius 3 is 2.82 bits per heavy atom. The highest BCUT2D eigenvalue weighted by atomic mass is 32.2. The fourth-order valence-electron chi connectivity index (χ4n) is 2.06. The summed E-state index contributed by atoms with van der Waals surface area (Å²) in [6.45, 7) is 6.92. The Balaban J connectivity index is 2.09. The molecule has 4 nitrogen and oxygen atoms in total. The molecule has 0 aliphatic carbocycles. The van der Waals surface area contributed by atoms with Crippen molar-refractivity contribution in [3.63, 3.8) is 0 Å². The van der Waals surface area contributed by atoms with Gasteiger partial charge in [0.2, 0.25) is 5.91 Å². The summed E-state index contributed by atoms with van der Waals surface area (Å²) in [6.07, 6.45) is 0. The van der Waals surface area contributed by atoms with Crippen molar-refractivity contribution in [2.45, 2.75) is 25.8 Å². The van der Waals surface area contributed by atoms with E-state index < -0.39 is 0 Å². The molecule has 0 spiro atoms. The first-order valence-electron chi connectivity index (χ1n) is 7.34. The van der Waals surface area contributed by atoms with E-state index in [-0.39, 0.29) is 5.91 Å². The Hall–Kier alpha value is -1.75. The summed E-state index contributed by atoms with van der Waals surface area (Å²) >= 11 is 1.46. The van der Waals surface area contributed by atoms with Crippen LogP contribution in [-0.4, -0.2) is 30.3 Å². The quantitative estimate of drug-likeness (QED) is 0.829. The van der Waals surface area contributed by atoms with Crippen molar-refractivity contribution in [3.8, 4) is 5.75 Å². The zero-order valence-corrected chi connectivity index (χ0v) is 14.3. The van der Waals surface area contributed by atoms with Gasteiger partial charge < -0.3 is 10.1 Å². The maximum absolute atomic E-state index is 11.8. The monoisotopic (exact) mass is 318 g/mol. The number of nitrogens with zero attached hydrogens (tertiary/aromatic N) is 1. The van der Waals surface area contributed by atoms with Crippen molar-refractivity contribution in [2.24, 2.45) is 5.92 Å². The van der Waals surface area contributed by atoms with E-state index in [1.54, 1.807) is 7.11 Å². The van der Waals surface area contributed by atoms with Crippen molar-refractivity contribution in [2.75, 3.05) is 19.4 Å². The van der Waals surface area contributed by atoms with Crippen LogP contribution in [0.4, 0.5) is 0 Å². The van der Waals surface area contributed by atoms with Gasteiger partial charge in [-0.05, 0) is 36.6 Å². The summed E-state index contributed by atoms with van der Waals surface area (Å²) in [5.74, 6) is 1.68. The number of methoxy groups -OCH3 is 1. The van der Waals surface area contributed by atoms with Gasteiger partial charge in [-0.3, -0.25) is 4.79 Å². The van der Waals surface area contributed by atoms with Crippen LogP contribution in [0.3, 0.4) is 0 Å². The average Bonchev–Trinajstić information content (AvgIpc) is 2.50. The first-order chi connectivity index (χ1) is 10.5. The first-order valence-corrected chi connectivity index (χ1v) is 8.33. The Morgan fingerprint density at radius 1 is 1.36 bits per heavy atom. The third-order valence-electron chi connectivity index (χ3n) is 3.26. The van der Waals surface area contributed by atoms with Crippen molar-refractivity contribution < 1.29 is 9.53 Å². The largest absolute Gasteiger partial charge is 0.497 e. The van der Waals surface area contributed by atoms with Gasteiger partial charge in [0.15, 0.2) is 0 Å². The molecular formula is C17H22N2O2S. The van der Waals surface area contributed by atoms with Crippen LogP contribution in [0.5, 0.6) is 5.75 Å². The van der Waals surface area contributed by atoms with Crippen LogP contribution in [-0.2, 0) is 4.79 Å². The molecular weight excluding hydrogens is 296 g/mol. The minimum Gasteiger partial charge on any atom is -0.497 e. The Morgan fingerprint density at radius 2 is 2.14 bits per heavy atom. The van der Waals surface area contributed by atoms with Crippen molar-refractivity contribution >= 4 is 28.6 Å². The van der Waals surface area contributed by atoms with Gasteiger partial charge >= 0.3 is 0 Å². The minimum atomic E-state index is 0.0453. The Kier molecular flexibility index (Phi) is 5.66. The molecule has 22 heavy (non-hydrogen) atoms. The zero-order chi connectivity index (χ0) is 16.1. The number of aromatic nitrogens is 1. The smallest absolute Gasteiger partial charge is 0.230 e. The van der Waals surface area contributed by atoms with E-state index in [1.165, 1.54) is 11.8 Å². The van der Waals surface area contributed by atoms with Gasteiger partial charge in [-0.15, -0.1) is 0 Å². The molecule has 5 heteroatoms. The van der Waals surface area contributed by atoms with Gasteiger partial charge in [0, 0.05) is 18.0 Å². The molecule has 0 aliphatic heterocycles. The van der Waals surface area contributed by atoms with Gasteiger partial charge in [0.1, 0.15) is 5.75 Å². The number of amides is 1. The minimum absolute atomic E-state index is 0.0453. The number of nitrogens with one attached hydrogen (secondary N) is 1. The maximum Gasteiger partial charge on any atom is 0.230 e. The van der Waals surface area contributed by atoms with Gasteiger partial charge in [0.25, 0.3) is 0 Å². The second-order valence-electron chi connectivity index (χ2n) is 5.65. The number of ether oxygens (including phenoxy) is 1. The number of thioether (sulfide) groups is 1. The molecule has 0 unspecified atom stereocenters. The number of benzene rings is 1. The standard InChI is InChI=1S/C17H22N2O2S/c1-11(2)9-18-16(20)10-22-17-7-12(3)14-6-5-13(21-4)8-15(14)19-17/h5-8,11H,9-10H2,1-4H3,(H,18,20). The molecule has 2 aromatic rings. The van der Waals surface area contributed by atoms with Gasteiger partial charge in [-0.25, -0.2) is 4.98 Å². The summed E-state index contributed by atoms with van der Waals surface area (Å²) in [6, 6.07) is 7.89. The number of hydrogen-bond acceptors (Lipinski definition) is 4. The van der Waals surface area contributed by atoms with Crippen LogP contribution < -0.4 is 10.1 Å². The average molecular weight is 318 g/mol. The summed E-state index contributed by atoms with van der Waals surface area (Å²) in [4.78, 5) is 16.4. The van der Waals surface area contributed by atoms with Gasteiger partial charge in [0.05, 0.1) is 23.4 Å². The van der Waals surface area contributed by atoms with Crippen LogP contribution in [0.2, 0.25) is 0 Å². The molecule has 1 aromatic heterocycles. The molecule has 118 valence electrons. The number of carbonyl (C=O) groups is 1. The second kappa shape index (κ2) is 7.49. The highest BCUT2D eigenvalue weighted by Crippen LogP contribution is 2.26. The van der Waals surface area contributed by atoms with Crippen molar-refractivity contribution in [3.05, 3.63) is 29.8 Å². The summed E-state index contributed by atoms with van der Waals surface area (Å²) in [7, 11) is 1.64. The number of fused-ring (bicyclic) bond motifs is 1. The molecule has 1 N–H and O–H groups in total. The van der Waals surface area contributed by atoms with Crippen LogP contribution in [0.1, 0.15) is 19.4 Å². The molecule has 0 saturated heterocycles. The fourth-order valence-corrected chi connectivity index (χ4v) is 2.86. The third kappa shape index (κ3) is 4.37. The van der Waals surface area contributed by atoms with E-state index >= 15 is 0 Å². The number of aryl methyl sites for hydroxylation is 1. The van der Waals surface area contributed by atoms with Crippen molar-refractivity contribution in [1.82, 2.24) is 10.3 Å². The molecule has 0 saturated carbocycles. The summed E-state index contributed by atoms with van der Waals surface area (Å²) in [5, 5.41) is 4.88. The number of hydrogen-bond donors (Lipinski definition) is 1. The van der Waals surface area contributed by atoms with Crippen LogP contribution in [0.25, 0.3) is 10.9 Å². The highest BCUT2D eigenvalue weighted by molar-refractivity contribution is 7.99. The van der Waals surface area contributed by atoms with Gasteiger partial charge in [-0.2, -0.15) is 0 Å². The lowest BCUT2D eigenvalue weighted by atomic mass is 10.1. The first kappa shape index (κ1) is 16.6. The maximum atomic E-state index is 11.8. The Labute approximate surface area is 135 Å². The summed E-state index contributed by atoms with van der Waals surface area (Å²) < 4.78 is 5.24. The predicted molar refractivity (Wildman–Crippen MR) is 91.6 cm³/mol. The predicted octanol–water partition coefficient (Wildman–Crippen LogP) is 3.42. The zero-order valence-electron chi connectivity index (χ0n) is 13.5. The highest BCUT2D eigenvalue weighted by Gasteiger charge is 2.08. The topological polar surface area (TPSA) is 51.2 Å².